The van der Waals surface area contributed by atoms with Crippen molar-refractivity contribution in [2.24, 2.45) is 5.73 Å². The molecular formula is C14H21ClN2O. The number of nitrogens with zero attached hydrogens (tertiary/aromatic N) is 1. The summed E-state index contributed by atoms with van der Waals surface area (Å²) < 4.78 is 0. The Labute approximate surface area is 114 Å². The van der Waals surface area contributed by atoms with E-state index in [1.54, 1.807) is 11.8 Å². The summed E-state index contributed by atoms with van der Waals surface area (Å²) in [6, 6.07) is 7.55. The lowest BCUT2D eigenvalue weighted by molar-refractivity contribution is -0.136. The zero-order valence-electron chi connectivity index (χ0n) is 11.2. The van der Waals surface area contributed by atoms with E-state index in [-0.39, 0.29) is 5.91 Å². The van der Waals surface area contributed by atoms with E-state index in [9.17, 15) is 4.79 Å². The van der Waals surface area contributed by atoms with Gasteiger partial charge in [-0.15, -0.1) is 0 Å². The molecule has 0 spiro atoms. The van der Waals surface area contributed by atoms with E-state index in [1.807, 2.05) is 38.1 Å². The summed E-state index contributed by atoms with van der Waals surface area (Å²) in [5.41, 5.74) is 6.14. The van der Waals surface area contributed by atoms with Crippen LogP contribution < -0.4 is 5.73 Å². The fraction of sp³-hybridized carbons (Fsp3) is 0.500. The Kier molecular flexibility index (Phi) is 5.17. The molecule has 0 aliphatic rings. The third-order valence-electron chi connectivity index (χ3n) is 3.21. The third kappa shape index (κ3) is 3.47. The quantitative estimate of drug-likeness (QED) is 0.893. The number of halogens is 1. The molecule has 0 saturated carbocycles. The average Bonchev–Trinajstić information content (AvgIpc) is 2.37. The molecule has 1 atom stereocenters. The first-order valence-corrected chi connectivity index (χ1v) is 6.61. The van der Waals surface area contributed by atoms with Crippen LogP contribution in [-0.2, 0) is 11.3 Å². The maximum atomic E-state index is 12.3. The molecule has 2 N–H and O–H groups in total. The Balaban J connectivity index is 2.86. The van der Waals surface area contributed by atoms with Crippen LogP contribution >= 0.6 is 11.6 Å². The molecule has 0 bridgehead atoms. The Morgan fingerprint density at radius 1 is 1.39 bits per heavy atom. The molecule has 18 heavy (non-hydrogen) atoms. The van der Waals surface area contributed by atoms with Crippen molar-refractivity contribution < 1.29 is 4.79 Å². The topological polar surface area (TPSA) is 46.3 Å². The van der Waals surface area contributed by atoms with Gasteiger partial charge in [0.2, 0.25) is 5.91 Å². The van der Waals surface area contributed by atoms with Crippen LogP contribution in [0.2, 0.25) is 5.02 Å². The van der Waals surface area contributed by atoms with Crippen LogP contribution in [0.1, 0.15) is 32.8 Å². The normalized spacial score (nSPS) is 14.1. The highest BCUT2D eigenvalue weighted by molar-refractivity contribution is 6.31. The molecule has 3 nitrogen and oxygen atoms in total. The molecule has 1 rings (SSSR count). The van der Waals surface area contributed by atoms with Crippen LogP contribution in [0.15, 0.2) is 24.3 Å². The number of hydrogen-bond donors (Lipinski definition) is 1. The fourth-order valence-corrected chi connectivity index (χ4v) is 1.87. The van der Waals surface area contributed by atoms with Crippen LogP contribution in [0.3, 0.4) is 0 Å². The van der Waals surface area contributed by atoms with Gasteiger partial charge in [0.15, 0.2) is 0 Å². The van der Waals surface area contributed by atoms with Gasteiger partial charge >= 0.3 is 0 Å². The first kappa shape index (κ1) is 15.0. The first-order chi connectivity index (χ1) is 8.42. The second-order valence-electron chi connectivity index (χ2n) is 4.68. The Hall–Kier alpha value is -1.06. The number of amides is 1. The molecule has 100 valence electrons. The van der Waals surface area contributed by atoms with Gasteiger partial charge in [-0.25, -0.2) is 0 Å². The second-order valence-corrected chi connectivity index (χ2v) is 5.09. The van der Waals surface area contributed by atoms with Crippen molar-refractivity contribution in [3.63, 3.8) is 0 Å². The summed E-state index contributed by atoms with van der Waals surface area (Å²) >= 11 is 6.11. The average molecular weight is 269 g/mol. The minimum atomic E-state index is -0.808. The minimum Gasteiger partial charge on any atom is -0.337 e. The first-order valence-electron chi connectivity index (χ1n) is 6.24. The molecule has 4 heteroatoms. The number of rotatable bonds is 5. The lowest BCUT2D eigenvalue weighted by Crippen LogP contribution is -2.52. The maximum Gasteiger partial charge on any atom is 0.242 e. The van der Waals surface area contributed by atoms with Gasteiger partial charge < -0.3 is 10.6 Å². The number of nitrogens with two attached hydrogens (primary N) is 1. The summed E-state index contributed by atoms with van der Waals surface area (Å²) in [5, 5.41) is 0.680. The van der Waals surface area contributed by atoms with Crippen molar-refractivity contribution in [2.45, 2.75) is 39.3 Å². The van der Waals surface area contributed by atoms with Gasteiger partial charge in [-0.05, 0) is 31.9 Å². The van der Waals surface area contributed by atoms with Crippen LogP contribution in [0.4, 0.5) is 0 Å². The number of carbonyl (C=O) groups is 1. The molecule has 0 radical (unpaired) electrons. The van der Waals surface area contributed by atoms with Crippen LogP contribution in [-0.4, -0.2) is 22.9 Å². The molecule has 0 aliphatic carbocycles. The monoisotopic (exact) mass is 268 g/mol. The molecule has 1 amide bonds. The highest BCUT2D eigenvalue weighted by Gasteiger charge is 2.30. The van der Waals surface area contributed by atoms with Gasteiger partial charge in [0.05, 0.1) is 5.54 Å². The molecule has 1 aromatic rings. The predicted octanol–water partition coefficient (Wildman–Crippen LogP) is 2.82. The SMILES string of the molecule is CCN(Cc1ccccc1Cl)C(=O)C(C)(N)CC. The van der Waals surface area contributed by atoms with Gasteiger partial charge in [-0.3, -0.25) is 4.79 Å². The Morgan fingerprint density at radius 3 is 2.50 bits per heavy atom. The number of hydrogen-bond acceptors (Lipinski definition) is 2. The van der Waals surface area contributed by atoms with Crippen molar-refractivity contribution in [2.75, 3.05) is 6.54 Å². The smallest absolute Gasteiger partial charge is 0.242 e. The van der Waals surface area contributed by atoms with Gasteiger partial charge in [0.25, 0.3) is 0 Å². The molecule has 0 heterocycles. The van der Waals surface area contributed by atoms with Crippen molar-refractivity contribution in [1.82, 2.24) is 4.90 Å². The van der Waals surface area contributed by atoms with Crippen molar-refractivity contribution >= 4 is 17.5 Å². The van der Waals surface area contributed by atoms with E-state index in [0.29, 0.717) is 24.5 Å². The molecule has 0 fully saturated rings. The van der Waals surface area contributed by atoms with E-state index in [0.717, 1.165) is 5.56 Å². The summed E-state index contributed by atoms with van der Waals surface area (Å²) in [5.74, 6) is -0.0348. The zero-order chi connectivity index (χ0) is 13.8. The molecule has 0 aromatic heterocycles. The van der Waals surface area contributed by atoms with Crippen LogP contribution in [0.25, 0.3) is 0 Å². The third-order valence-corrected chi connectivity index (χ3v) is 3.58. The number of likely N-dealkylation sites (N-methyl/N-ethyl adjacent to an activating group) is 1. The van der Waals surface area contributed by atoms with E-state index in [1.165, 1.54) is 0 Å². The highest BCUT2D eigenvalue weighted by atomic mass is 35.5. The van der Waals surface area contributed by atoms with Crippen LogP contribution in [0, 0.1) is 0 Å². The van der Waals surface area contributed by atoms with Crippen molar-refractivity contribution in [3.05, 3.63) is 34.9 Å². The molecule has 1 unspecified atom stereocenters. The zero-order valence-corrected chi connectivity index (χ0v) is 12.0. The molecule has 0 aliphatic heterocycles. The second kappa shape index (κ2) is 6.21. The van der Waals surface area contributed by atoms with Crippen molar-refractivity contribution in [3.8, 4) is 0 Å². The lowest BCUT2D eigenvalue weighted by Gasteiger charge is -2.30. The van der Waals surface area contributed by atoms with Crippen molar-refractivity contribution in [1.29, 1.82) is 0 Å². The number of benzene rings is 1. The van der Waals surface area contributed by atoms with Gasteiger partial charge in [-0.1, -0.05) is 36.7 Å². The van der Waals surface area contributed by atoms with Gasteiger partial charge in [0.1, 0.15) is 0 Å². The maximum absolute atomic E-state index is 12.3. The summed E-state index contributed by atoms with van der Waals surface area (Å²) in [4.78, 5) is 14.0. The van der Waals surface area contributed by atoms with E-state index < -0.39 is 5.54 Å². The molecule has 0 saturated heterocycles. The summed E-state index contributed by atoms with van der Waals surface area (Å²) in [6.45, 7) is 6.75. The number of carbonyl (C=O) groups excluding carboxylic acids is 1. The summed E-state index contributed by atoms with van der Waals surface area (Å²) in [7, 11) is 0. The Morgan fingerprint density at radius 2 is 2.00 bits per heavy atom. The molecular weight excluding hydrogens is 248 g/mol. The van der Waals surface area contributed by atoms with Gasteiger partial charge in [0, 0.05) is 18.1 Å². The van der Waals surface area contributed by atoms with Gasteiger partial charge in [-0.2, -0.15) is 0 Å². The van der Waals surface area contributed by atoms with Crippen LogP contribution in [0.5, 0.6) is 0 Å². The van der Waals surface area contributed by atoms with E-state index in [4.69, 9.17) is 17.3 Å². The fourth-order valence-electron chi connectivity index (χ4n) is 1.67. The van der Waals surface area contributed by atoms with E-state index >= 15 is 0 Å². The predicted molar refractivity (Wildman–Crippen MR) is 75.4 cm³/mol. The highest BCUT2D eigenvalue weighted by Crippen LogP contribution is 2.19. The Bertz CT molecular complexity index is 418. The largest absolute Gasteiger partial charge is 0.337 e. The standard InChI is InChI=1S/C14H21ClN2O/c1-4-14(3,16)13(18)17(5-2)10-11-8-6-7-9-12(11)15/h6-9H,4-5,10,16H2,1-3H3. The summed E-state index contributed by atoms with van der Waals surface area (Å²) in [6.07, 6.45) is 0.616. The minimum absolute atomic E-state index is 0.0348. The molecule has 1 aromatic carbocycles. The van der Waals surface area contributed by atoms with E-state index in [2.05, 4.69) is 0 Å². The lowest BCUT2D eigenvalue weighted by atomic mass is 9.98.